The van der Waals surface area contributed by atoms with Gasteiger partial charge in [-0.1, -0.05) is 13.0 Å². The average molecular weight is 311 g/mol. The normalized spacial score (nSPS) is 13.7. The maximum Gasteiger partial charge on any atom is 0.330 e. The molecule has 1 rings (SSSR count). The van der Waals surface area contributed by atoms with Crippen molar-refractivity contribution in [3.63, 3.8) is 0 Å². The second-order valence-electron chi connectivity index (χ2n) is 4.75. The van der Waals surface area contributed by atoms with Crippen molar-refractivity contribution in [2.24, 2.45) is 0 Å². The number of benzene rings is 1. The molecule has 120 valence electrons. The molecule has 0 aliphatic carbocycles. The van der Waals surface area contributed by atoms with E-state index in [1.807, 2.05) is 0 Å². The molecule has 0 spiro atoms. The highest BCUT2D eigenvalue weighted by atomic mass is 19.3. The molecule has 0 fully saturated rings. The second kappa shape index (κ2) is 7.70. The highest BCUT2D eigenvalue weighted by Crippen LogP contribution is 2.24. The van der Waals surface area contributed by atoms with Gasteiger partial charge in [-0.3, -0.25) is 0 Å². The Morgan fingerprint density at radius 1 is 1.24 bits per heavy atom. The van der Waals surface area contributed by atoms with Crippen LogP contribution in [0.3, 0.4) is 0 Å². The second-order valence-corrected chi connectivity index (χ2v) is 4.75. The number of hydrogen-bond acceptors (Lipinski definition) is 2. The zero-order valence-electron chi connectivity index (χ0n) is 11.8. The number of alkyl halides is 4. The van der Waals surface area contributed by atoms with Crippen LogP contribution in [0, 0.1) is 12.7 Å². The fraction of sp³-hybridized carbons (Fsp3) is 0.571. The van der Waals surface area contributed by atoms with Gasteiger partial charge in [0.1, 0.15) is 12.4 Å². The Kier molecular flexibility index (Phi) is 6.54. The maximum atomic E-state index is 13.4. The Morgan fingerprint density at radius 3 is 2.43 bits per heavy atom. The first-order chi connectivity index (χ1) is 9.76. The van der Waals surface area contributed by atoms with E-state index < -0.39 is 30.8 Å². The van der Waals surface area contributed by atoms with Crippen LogP contribution in [-0.4, -0.2) is 32.1 Å². The molecule has 0 amide bonds. The minimum atomic E-state index is -4.19. The van der Waals surface area contributed by atoms with Crippen molar-refractivity contribution in [3.8, 4) is 0 Å². The topological polar surface area (TPSA) is 21.3 Å². The van der Waals surface area contributed by atoms with Crippen LogP contribution in [0.5, 0.6) is 0 Å². The molecule has 0 aliphatic heterocycles. The van der Waals surface area contributed by atoms with E-state index in [0.29, 0.717) is 17.7 Å². The lowest BCUT2D eigenvalue weighted by atomic mass is 10.0. The first-order valence-corrected chi connectivity index (χ1v) is 6.50. The molecule has 1 aromatic carbocycles. The van der Waals surface area contributed by atoms with Gasteiger partial charge in [0.05, 0.1) is 12.6 Å². The van der Waals surface area contributed by atoms with E-state index in [-0.39, 0.29) is 6.61 Å². The molecule has 7 heteroatoms. The summed E-state index contributed by atoms with van der Waals surface area (Å²) >= 11 is 0. The molecular weight excluding hydrogens is 293 g/mol. The Morgan fingerprint density at radius 2 is 1.90 bits per heavy atom. The summed E-state index contributed by atoms with van der Waals surface area (Å²) in [6.45, 7) is 2.35. The molecule has 1 aromatic rings. The van der Waals surface area contributed by atoms with Crippen LogP contribution in [0.25, 0.3) is 0 Å². The van der Waals surface area contributed by atoms with Crippen molar-refractivity contribution in [2.45, 2.75) is 32.2 Å². The molecule has 2 nitrogen and oxygen atoms in total. The lowest BCUT2D eigenvalue weighted by molar-refractivity contribution is -0.167. The zero-order valence-corrected chi connectivity index (χ0v) is 11.8. The summed E-state index contributed by atoms with van der Waals surface area (Å²) in [5, 5.41) is 2.94. The van der Waals surface area contributed by atoms with Gasteiger partial charge in [-0.25, -0.2) is 13.2 Å². The van der Waals surface area contributed by atoms with Crippen LogP contribution >= 0.6 is 0 Å². The number of rotatable bonds is 8. The van der Waals surface area contributed by atoms with E-state index in [1.165, 1.54) is 12.1 Å². The third-order valence-electron chi connectivity index (χ3n) is 2.82. The average Bonchev–Trinajstić information content (AvgIpc) is 2.36. The van der Waals surface area contributed by atoms with Crippen LogP contribution in [-0.2, 0) is 4.74 Å². The van der Waals surface area contributed by atoms with Crippen LogP contribution < -0.4 is 5.32 Å². The molecule has 1 unspecified atom stereocenters. The monoisotopic (exact) mass is 311 g/mol. The van der Waals surface area contributed by atoms with Crippen LogP contribution in [0.2, 0.25) is 0 Å². The summed E-state index contributed by atoms with van der Waals surface area (Å²) in [5.41, 5.74) is 1.19. The highest BCUT2D eigenvalue weighted by molar-refractivity contribution is 5.26. The largest absolute Gasteiger partial charge is 0.373 e. The molecule has 0 bridgehead atoms. The summed E-state index contributed by atoms with van der Waals surface area (Å²) in [4.78, 5) is 0. The van der Waals surface area contributed by atoms with Gasteiger partial charge in [0.2, 0.25) is 0 Å². The van der Waals surface area contributed by atoms with Gasteiger partial charge in [0, 0.05) is 0 Å². The van der Waals surface area contributed by atoms with E-state index in [9.17, 15) is 22.0 Å². The predicted octanol–water partition coefficient (Wildman–Crippen LogP) is 3.70. The number of halogens is 5. The van der Waals surface area contributed by atoms with Gasteiger partial charge in [0.25, 0.3) is 0 Å². The van der Waals surface area contributed by atoms with Crippen molar-refractivity contribution in [3.05, 3.63) is 35.1 Å². The van der Waals surface area contributed by atoms with E-state index in [1.54, 1.807) is 19.9 Å². The lowest BCUT2D eigenvalue weighted by Crippen LogP contribution is -2.34. The first-order valence-electron chi connectivity index (χ1n) is 6.50. The number of ether oxygens (including phenoxy) is 1. The number of hydrogen-bond donors (Lipinski definition) is 1. The van der Waals surface area contributed by atoms with Gasteiger partial charge < -0.3 is 10.1 Å². The molecule has 0 radical (unpaired) electrons. The minimum Gasteiger partial charge on any atom is -0.373 e. The molecule has 0 aromatic heterocycles. The first kappa shape index (κ1) is 17.8. The SMILES string of the molecule is CCNC(COCC(F)(F)C(F)F)c1cc(C)cc(F)c1. The van der Waals surface area contributed by atoms with Gasteiger partial charge in [-0.2, -0.15) is 8.78 Å². The Bertz CT molecular complexity index is 433. The van der Waals surface area contributed by atoms with Crippen LogP contribution in [0.15, 0.2) is 18.2 Å². The molecule has 0 aliphatic rings. The van der Waals surface area contributed by atoms with Gasteiger partial charge in [-0.05, 0) is 36.7 Å². The number of likely N-dealkylation sites (N-methyl/N-ethyl adjacent to an activating group) is 1. The third kappa shape index (κ3) is 5.59. The number of nitrogens with one attached hydrogen (secondary N) is 1. The lowest BCUT2D eigenvalue weighted by Gasteiger charge is -2.21. The van der Waals surface area contributed by atoms with Crippen molar-refractivity contribution < 1.29 is 26.7 Å². The Hall–Kier alpha value is -1.21. The molecule has 21 heavy (non-hydrogen) atoms. The van der Waals surface area contributed by atoms with Crippen LogP contribution in [0.4, 0.5) is 22.0 Å². The van der Waals surface area contributed by atoms with E-state index in [4.69, 9.17) is 4.74 Å². The highest BCUT2D eigenvalue weighted by Gasteiger charge is 2.41. The van der Waals surface area contributed by atoms with Crippen molar-refractivity contribution in [2.75, 3.05) is 19.8 Å². The zero-order chi connectivity index (χ0) is 16.0. The molecular formula is C14H18F5NO. The van der Waals surface area contributed by atoms with Gasteiger partial charge in [0.15, 0.2) is 0 Å². The van der Waals surface area contributed by atoms with E-state index >= 15 is 0 Å². The molecule has 0 saturated heterocycles. The van der Waals surface area contributed by atoms with Crippen molar-refractivity contribution in [1.82, 2.24) is 5.32 Å². The molecule has 1 N–H and O–H groups in total. The summed E-state index contributed by atoms with van der Waals surface area (Å²) in [6, 6.07) is 3.73. The van der Waals surface area contributed by atoms with Crippen LogP contribution in [0.1, 0.15) is 24.1 Å². The summed E-state index contributed by atoms with van der Waals surface area (Å²) in [5.74, 6) is -4.64. The van der Waals surface area contributed by atoms with E-state index in [2.05, 4.69) is 5.32 Å². The number of aryl methyl sites for hydroxylation is 1. The fourth-order valence-electron chi connectivity index (χ4n) is 1.86. The predicted molar refractivity (Wildman–Crippen MR) is 69.3 cm³/mol. The quantitative estimate of drug-likeness (QED) is 0.739. The fourth-order valence-corrected chi connectivity index (χ4v) is 1.86. The maximum absolute atomic E-state index is 13.4. The molecule has 0 heterocycles. The van der Waals surface area contributed by atoms with Gasteiger partial charge >= 0.3 is 12.3 Å². The summed E-state index contributed by atoms with van der Waals surface area (Å²) < 4.78 is 67.6. The van der Waals surface area contributed by atoms with E-state index in [0.717, 1.165) is 0 Å². The van der Waals surface area contributed by atoms with Crippen molar-refractivity contribution >= 4 is 0 Å². The summed E-state index contributed by atoms with van der Waals surface area (Å²) in [7, 11) is 0. The standard InChI is InChI=1S/C14H18F5NO/c1-3-20-12(7-21-8-14(18,19)13(16)17)10-4-9(2)5-11(15)6-10/h4-6,12-13,20H,3,7-8H2,1-2H3. The third-order valence-corrected chi connectivity index (χ3v) is 2.82. The van der Waals surface area contributed by atoms with Crippen molar-refractivity contribution in [1.29, 1.82) is 0 Å². The minimum absolute atomic E-state index is 0.251. The molecule has 0 saturated carbocycles. The Labute approximate surface area is 120 Å². The van der Waals surface area contributed by atoms with Gasteiger partial charge in [-0.15, -0.1) is 0 Å². The smallest absolute Gasteiger partial charge is 0.330 e. The Balaban J connectivity index is 2.70. The summed E-state index contributed by atoms with van der Waals surface area (Å²) in [6.07, 6.45) is -3.77. The molecule has 1 atom stereocenters.